The maximum absolute atomic E-state index is 12.7. The van der Waals surface area contributed by atoms with Crippen LogP contribution in [0, 0.1) is 0 Å². The number of carbonyl (C=O) groups excluding carboxylic acids is 2. The first-order chi connectivity index (χ1) is 16.5. The summed E-state index contributed by atoms with van der Waals surface area (Å²) in [5.41, 5.74) is 5.35. The van der Waals surface area contributed by atoms with Crippen molar-refractivity contribution >= 4 is 72.4 Å². The molecule has 0 aliphatic rings. The van der Waals surface area contributed by atoms with Gasteiger partial charge in [0.25, 0.3) is 5.91 Å². The predicted molar refractivity (Wildman–Crippen MR) is 146 cm³/mol. The lowest BCUT2D eigenvalue weighted by molar-refractivity contribution is -0.113. The molecule has 0 bridgehead atoms. The highest BCUT2D eigenvalue weighted by Gasteiger charge is 2.14. The molecule has 3 aromatic carbocycles. The summed E-state index contributed by atoms with van der Waals surface area (Å²) in [4.78, 5) is 29.9. The van der Waals surface area contributed by atoms with E-state index in [4.69, 9.17) is 0 Å². The number of anilines is 2. The third-order valence-electron chi connectivity index (χ3n) is 5.34. The maximum Gasteiger partial charge on any atom is 0.256 e. The Kier molecular flexibility index (Phi) is 8.03. The number of rotatable bonds is 8. The molecule has 0 unspecified atom stereocenters. The van der Waals surface area contributed by atoms with Crippen LogP contribution in [0.1, 0.15) is 35.3 Å². The number of thiazole rings is 1. The van der Waals surface area contributed by atoms with Crippen molar-refractivity contribution in [1.29, 1.82) is 0 Å². The van der Waals surface area contributed by atoms with E-state index in [2.05, 4.69) is 57.5 Å². The van der Waals surface area contributed by atoms with E-state index < -0.39 is 0 Å². The highest BCUT2D eigenvalue weighted by molar-refractivity contribution is 9.10. The van der Waals surface area contributed by atoms with Gasteiger partial charge >= 0.3 is 0 Å². The minimum absolute atomic E-state index is 0.0405. The molecule has 0 aliphatic heterocycles. The number of aryl methyl sites for hydroxylation is 2. The van der Waals surface area contributed by atoms with Crippen LogP contribution < -0.4 is 10.6 Å². The van der Waals surface area contributed by atoms with Crippen molar-refractivity contribution in [1.82, 2.24) is 4.98 Å². The minimum Gasteiger partial charge on any atom is -0.325 e. The minimum atomic E-state index is -0.179. The number of fused-ring (bicyclic) bond motifs is 1. The fourth-order valence-electron chi connectivity index (χ4n) is 3.59. The molecule has 2 amide bonds. The number of nitrogens with zero attached hydrogens (tertiary/aromatic N) is 1. The van der Waals surface area contributed by atoms with Crippen molar-refractivity contribution in [3.8, 4) is 0 Å². The number of amides is 2. The molecule has 4 rings (SSSR count). The van der Waals surface area contributed by atoms with E-state index in [9.17, 15) is 9.59 Å². The zero-order chi connectivity index (χ0) is 24.1. The van der Waals surface area contributed by atoms with Gasteiger partial charge in [0.1, 0.15) is 0 Å². The summed E-state index contributed by atoms with van der Waals surface area (Å²) in [6, 6.07) is 19.1. The Hall–Kier alpha value is -2.68. The zero-order valence-electron chi connectivity index (χ0n) is 18.9. The Morgan fingerprint density at radius 2 is 1.71 bits per heavy atom. The van der Waals surface area contributed by atoms with Crippen LogP contribution in [0.15, 0.2) is 69.5 Å². The topological polar surface area (TPSA) is 71.1 Å². The number of para-hydroxylation sites is 1. The van der Waals surface area contributed by atoms with Gasteiger partial charge in [0.05, 0.1) is 21.5 Å². The van der Waals surface area contributed by atoms with Crippen molar-refractivity contribution < 1.29 is 9.59 Å². The van der Waals surface area contributed by atoms with Crippen LogP contribution in [-0.4, -0.2) is 22.6 Å². The summed E-state index contributed by atoms with van der Waals surface area (Å²) in [5.74, 6) is 0.0646. The van der Waals surface area contributed by atoms with Crippen molar-refractivity contribution in [2.75, 3.05) is 16.4 Å². The van der Waals surface area contributed by atoms with Crippen LogP contribution in [0.3, 0.4) is 0 Å². The molecule has 1 aromatic heterocycles. The predicted octanol–water partition coefficient (Wildman–Crippen LogP) is 7.17. The van der Waals surface area contributed by atoms with Gasteiger partial charge in [-0.3, -0.25) is 9.59 Å². The van der Waals surface area contributed by atoms with Gasteiger partial charge in [-0.05, 0) is 70.2 Å². The SMILES string of the molecule is CCc1cccc(CC)c1NC(=O)CSc1nc2ccc(NC(=O)c3ccccc3Br)cc2s1. The average molecular weight is 555 g/mol. The number of carbonyl (C=O) groups is 2. The van der Waals surface area contributed by atoms with E-state index in [1.807, 2.05) is 42.5 Å². The molecule has 0 fully saturated rings. The number of hydrogen-bond donors (Lipinski definition) is 2. The summed E-state index contributed by atoms with van der Waals surface area (Å²) in [7, 11) is 0. The number of nitrogens with one attached hydrogen (secondary N) is 2. The van der Waals surface area contributed by atoms with Gasteiger partial charge in [-0.25, -0.2) is 4.98 Å². The van der Waals surface area contributed by atoms with E-state index in [1.54, 1.807) is 6.07 Å². The summed E-state index contributed by atoms with van der Waals surface area (Å²) in [6.45, 7) is 4.19. The number of thioether (sulfide) groups is 1. The molecule has 0 saturated heterocycles. The van der Waals surface area contributed by atoms with Gasteiger partial charge < -0.3 is 10.6 Å². The number of halogens is 1. The Morgan fingerprint density at radius 1 is 0.971 bits per heavy atom. The van der Waals surface area contributed by atoms with Gasteiger partial charge in [0.2, 0.25) is 5.91 Å². The summed E-state index contributed by atoms with van der Waals surface area (Å²) < 4.78 is 2.52. The smallest absolute Gasteiger partial charge is 0.256 e. The van der Waals surface area contributed by atoms with E-state index in [0.717, 1.165) is 48.7 Å². The lowest BCUT2D eigenvalue weighted by atomic mass is 10.0. The standard InChI is InChI=1S/C26H24BrN3O2S2/c1-3-16-8-7-9-17(4-2)24(16)30-23(31)15-33-26-29-21-13-12-18(14-22(21)34-26)28-25(32)19-10-5-6-11-20(19)27/h5-14H,3-4,15H2,1-2H3,(H,28,32)(H,30,31). The molecule has 0 saturated carbocycles. The number of benzene rings is 3. The van der Waals surface area contributed by atoms with Crippen LogP contribution >= 0.6 is 39.0 Å². The largest absolute Gasteiger partial charge is 0.325 e. The van der Waals surface area contributed by atoms with Gasteiger partial charge in [-0.2, -0.15) is 0 Å². The Balaban J connectivity index is 1.41. The first kappa shape index (κ1) is 24.4. The van der Waals surface area contributed by atoms with E-state index in [-0.39, 0.29) is 17.6 Å². The molecule has 2 N–H and O–H groups in total. The van der Waals surface area contributed by atoms with E-state index >= 15 is 0 Å². The average Bonchev–Trinajstić information content (AvgIpc) is 3.25. The molecule has 0 aliphatic carbocycles. The van der Waals surface area contributed by atoms with Gasteiger partial charge in [-0.1, -0.05) is 55.9 Å². The lowest BCUT2D eigenvalue weighted by Gasteiger charge is -2.14. The van der Waals surface area contributed by atoms with E-state index in [0.29, 0.717) is 11.3 Å². The fourth-order valence-corrected chi connectivity index (χ4v) is 5.97. The molecule has 4 aromatic rings. The van der Waals surface area contributed by atoms with Gasteiger partial charge in [-0.15, -0.1) is 11.3 Å². The summed E-state index contributed by atoms with van der Waals surface area (Å²) in [5, 5.41) is 6.04. The Morgan fingerprint density at radius 3 is 2.41 bits per heavy atom. The third-order valence-corrected chi connectivity index (χ3v) is 8.19. The number of hydrogen-bond acceptors (Lipinski definition) is 5. The van der Waals surface area contributed by atoms with Crippen LogP contribution in [0.25, 0.3) is 10.2 Å². The number of aromatic nitrogens is 1. The van der Waals surface area contributed by atoms with Crippen LogP contribution in [-0.2, 0) is 17.6 Å². The molecular weight excluding hydrogens is 530 g/mol. The van der Waals surface area contributed by atoms with Crippen molar-refractivity contribution in [3.63, 3.8) is 0 Å². The normalized spacial score (nSPS) is 10.9. The quantitative estimate of drug-likeness (QED) is 0.227. The van der Waals surface area contributed by atoms with Crippen LogP contribution in [0.5, 0.6) is 0 Å². The van der Waals surface area contributed by atoms with Crippen LogP contribution in [0.4, 0.5) is 11.4 Å². The first-order valence-electron chi connectivity index (χ1n) is 11.0. The highest BCUT2D eigenvalue weighted by Crippen LogP contribution is 2.32. The zero-order valence-corrected chi connectivity index (χ0v) is 22.1. The molecule has 34 heavy (non-hydrogen) atoms. The van der Waals surface area contributed by atoms with Gasteiger partial charge in [0.15, 0.2) is 4.34 Å². The summed E-state index contributed by atoms with van der Waals surface area (Å²) in [6.07, 6.45) is 1.74. The van der Waals surface area contributed by atoms with Crippen molar-refractivity contribution in [3.05, 3.63) is 81.8 Å². The molecular formula is C26H24BrN3O2S2. The molecule has 174 valence electrons. The fraction of sp³-hybridized carbons (Fsp3) is 0.192. The second-order valence-electron chi connectivity index (χ2n) is 7.59. The molecule has 0 spiro atoms. The van der Waals surface area contributed by atoms with Crippen molar-refractivity contribution in [2.24, 2.45) is 0 Å². The van der Waals surface area contributed by atoms with Crippen LogP contribution in [0.2, 0.25) is 0 Å². The second-order valence-corrected chi connectivity index (χ2v) is 10.7. The van der Waals surface area contributed by atoms with Gasteiger partial charge in [0, 0.05) is 15.8 Å². The second kappa shape index (κ2) is 11.2. The Labute approximate surface area is 215 Å². The van der Waals surface area contributed by atoms with E-state index in [1.165, 1.54) is 23.1 Å². The molecule has 1 heterocycles. The molecule has 0 atom stereocenters. The molecule has 0 radical (unpaired) electrons. The van der Waals surface area contributed by atoms with Crippen molar-refractivity contribution in [2.45, 2.75) is 31.0 Å². The highest BCUT2D eigenvalue weighted by atomic mass is 79.9. The monoisotopic (exact) mass is 553 g/mol. The maximum atomic E-state index is 12.7. The lowest BCUT2D eigenvalue weighted by Crippen LogP contribution is -2.16. The molecule has 5 nitrogen and oxygen atoms in total. The third kappa shape index (κ3) is 5.68. The first-order valence-corrected chi connectivity index (χ1v) is 13.6. The Bertz CT molecular complexity index is 1330. The summed E-state index contributed by atoms with van der Waals surface area (Å²) >= 11 is 6.35. The molecule has 8 heteroatoms.